The summed E-state index contributed by atoms with van der Waals surface area (Å²) in [5, 5.41) is 4.06. The van der Waals surface area contributed by atoms with Crippen LogP contribution in [0.25, 0.3) is 22.3 Å². The molecule has 0 saturated heterocycles. The lowest BCUT2D eigenvalue weighted by atomic mass is 10.1. The Morgan fingerprint density at radius 2 is 1.88 bits per heavy atom. The van der Waals surface area contributed by atoms with Gasteiger partial charge in [0, 0.05) is 28.8 Å². The van der Waals surface area contributed by atoms with Gasteiger partial charge in [0.1, 0.15) is 11.6 Å². The Kier molecular flexibility index (Phi) is 4.28. The van der Waals surface area contributed by atoms with E-state index < -0.39 is 0 Å². The lowest BCUT2D eigenvalue weighted by Gasteiger charge is -2.08. The summed E-state index contributed by atoms with van der Waals surface area (Å²) in [6, 6.07) is 10.8. The zero-order chi connectivity index (χ0) is 18.3. The van der Waals surface area contributed by atoms with Gasteiger partial charge in [-0.3, -0.25) is 0 Å². The Labute approximate surface area is 156 Å². The Balaban J connectivity index is 1.79. The molecule has 6 heteroatoms. The van der Waals surface area contributed by atoms with Crippen LogP contribution >= 0.6 is 11.8 Å². The van der Waals surface area contributed by atoms with Gasteiger partial charge in [-0.1, -0.05) is 17.3 Å². The molecule has 4 aromatic rings. The molecular formula is C20H20N4OS. The minimum absolute atomic E-state index is 0.763. The highest BCUT2D eigenvalue weighted by Gasteiger charge is 2.15. The van der Waals surface area contributed by atoms with E-state index in [-0.39, 0.29) is 0 Å². The molecule has 0 bridgehead atoms. The number of imidazole rings is 1. The van der Waals surface area contributed by atoms with Crippen LogP contribution in [-0.2, 0) is 6.54 Å². The van der Waals surface area contributed by atoms with Gasteiger partial charge in [-0.2, -0.15) is 0 Å². The number of hydrogen-bond acceptors (Lipinski definition) is 5. The zero-order valence-electron chi connectivity index (χ0n) is 15.3. The molecule has 4 rings (SSSR count). The van der Waals surface area contributed by atoms with Crippen molar-refractivity contribution >= 4 is 22.9 Å². The van der Waals surface area contributed by atoms with E-state index in [0.29, 0.717) is 0 Å². The van der Waals surface area contributed by atoms with Crippen LogP contribution in [-0.4, -0.2) is 25.9 Å². The summed E-state index contributed by atoms with van der Waals surface area (Å²) in [7, 11) is 0. The molecule has 0 unspecified atom stereocenters. The van der Waals surface area contributed by atoms with Crippen molar-refractivity contribution < 1.29 is 4.52 Å². The first-order chi connectivity index (χ1) is 12.6. The van der Waals surface area contributed by atoms with Crippen LogP contribution in [0.3, 0.4) is 0 Å². The summed E-state index contributed by atoms with van der Waals surface area (Å²) in [6.45, 7) is 6.67. The van der Waals surface area contributed by atoms with E-state index >= 15 is 0 Å². The van der Waals surface area contributed by atoms with Crippen molar-refractivity contribution in [3.63, 3.8) is 0 Å². The number of benzene rings is 1. The van der Waals surface area contributed by atoms with Gasteiger partial charge < -0.3 is 9.09 Å². The summed E-state index contributed by atoms with van der Waals surface area (Å²) < 4.78 is 7.52. The van der Waals surface area contributed by atoms with E-state index in [1.54, 1.807) is 11.8 Å². The van der Waals surface area contributed by atoms with E-state index in [9.17, 15) is 0 Å². The maximum absolute atomic E-state index is 5.31. The van der Waals surface area contributed by atoms with Gasteiger partial charge in [0.05, 0.1) is 11.2 Å². The molecule has 0 atom stereocenters. The lowest BCUT2D eigenvalue weighted by molar-refractivity contribution is 0.393. The van der Waals surface area contributed by atoms with Gasteiger partial charge >= 0.3 is 0 Å². The first kappa shape index (κ1) is 16.8. The predicted molar refractivity (Wildman–Crippen MR) is 105 cm³/mol. The van der Waals surface area contributed by atoms with E-state index in [2.05, 4.69) is 56.3 Å². The molecule has 3 aromatic heterocycles. The second-order valence-corrected chi connectivity index (χ2v) is 7.24. The Bertz CT molecular complexity index is 1060. The third-order valence-corrected chi connectivity index (χ3v) is 5.36. The molecule has 0 aliphatic heterocycles. The van der Waals surface area contributed by atoms with Crippen molar-refractivity contribution in [2.45, 2.75) is 32.2 Å². The third-order valence-electron chi connectivity index (χ3n) is 4.62. The van der Waals surface area contributed by atoms with E-state index in [1.165, 1.54) is 10.5 Å². The fourth-order valence-corrected chi connectivity index (χ4v) is 3.67. The summed E-state index contributed by atoms with van der Waals surface area (Å²) in [5.74, 6) is 1.76. The molecule has 0 aliphatic rings. The summed E-state index contributed by atoms with van der Waals surface area (Å²) in [6.07, 6.45) is 3.93. The molecule has 0 aliphatic carbocycles. The summed E-state index contributed by atoms with van der Waals surface area (Å²) in [4.78, 5) is 10.5. The first-order valence-electron chi connectivity index (χ1n) is 8.46. The molecule has 3 heterocycles. The molecule has 0 saturated carbocycles. The summed E-state index contributed by atoms with van der Waals surface area (Å²) >= 11 is 1.75. The fraction of sp³-hybridized carbons (Fsp3) is 0.250. The maximum Gasteiger partial charge on any atom is 0.177 e. The molecular weight excluding hydrogens is 344 g/mol. The predicted octanol–water partition coefficient (Wildman–Crippen LogP) is 4.78. The van der Waals surface area contributed by atoms with Crippen LogP contribution in [0.5, 0.6) is 0 Å². The largest absolute Gasteiger partial charge is 0.361 e. The maximum atomic E-state index is 5.31. The molecule has 132 valence electrons. The number of rotatable bonds is 4. The highest BCUT2D eigenvalue weighted by Crippen LogP contribution is 2.29. The van der Waals surface area contributed by atoms with E-state index in [4.69, 9.17) is 4.52 Å². The van der Waals surface area contributed by atoms with Crippen molar-refractivity contribution in [1.82, 2.24) is 19.7 Å². The lowest BCUT2D eigenvalue weighted by Crippen LogP contribution is -2.02. The number of aromatic nitrogens is 4. The minimum Gasteiger partial charge on any atom is -0.361 e. The first-order valence-corrected chi connectivity index (χ1v) is 9.68. The second-order valence-electron chi connectivity index (χ2n) is 6.36. The monoisotopic (exact) mass is 364 g/mol. The van der Waals surface area contributed by atoms with Crippen LogP contribution in [0.15, 0.2) is 45.9 Å². The van der Waals surface area contributed by atoms with Gasteiger partial charge in [-0.05, 0) is 50.8 Å². The molecule has 26 heavy (non-hydrogen) atoms. The van der Waals surface area contributed by atoms with Gasteiger partial charge in [-0.15, -0.1) is 11.8 Å². The number of fused-ring (bicyclic) bond motifs is 1. The highest BCUT2D eigenvalue weighted by molar-refractivity contribution is 7.98. The van der Waals surface area contributed by atoms with Gasteiger partial charge in [0.15, 0.2) is 5.65 Å². The smallest absolute Gasteiger partial charge is 0.177 e. The molecule has 0 radical (unpaired) electrons. The number of thioether (sulfide) groups is 1. The fourth-order valence-electron chi connectivity index (χ4n) is 3.26. The number of pyridine rings is 1. The SMILES string of the molecule is CSc1ccc(Cn2c(C)nc3ncc(-c4c(C)noc4C)cc32)cc1. The zero-order valence-corrected chi connectivity index (χ0v) is 16.1. The second kappa shape index (κ2) is 6.61. The average molecular weight is 364 g/mol. The molecule has 1 aromatic carbocycles. The van der Waals surface area contributed by atoms with Crippen LogP contribution in [0.2, 0.25) is 0 Å². The van der Waals surface area contributed by atoms with Crippen LogP contribution in [0.4, 0.5) is 0 Å². The van der Waals surface area contributed by atoms with Crippen LogP contribution in [0.1, 0.15) is 22.8 Å². The quantitative estimate of drug-likeness (QED) is 0.488. The van der Waals surface area contributed by atoms with Crippen molar-refractivity contribution in [1.29, 1.82) is 0 Å². The number of aryl methyl sites for hydroxylation is 3. The Morgan fingerprint density at radius 1 is 1.12 bits per heavy atom. The molecule has 0 amide bonds. The average Bonchev–Trinajstić information content (AvgIpc) is 3.14. The van der Waals surface area contributed by atoms with Crippen molar-refractivity contribution in [3.8, 4) is 11.1 Å². The van der Waals surface area contributed by atoms with E-state index in [0.717, 1.165) is 46.1 Å². The number of nitrogens with zero attached hydrogens (tertiary/aromatic N) is 4. The van der Waals surface area contributed by atoms with Crippen molar-refractivity contribution in [2.24, 2.45) is 0 Å². The van der Waals surface area contributed by atoms with Crippen molar-refractivity contribution in [2.75, 3.05) is 6.26 Å². The third kappa shape index (κ3) is 2.90. The number of hydrogen-bond donors (Lipinski definition) is 0. The standard InChI is InChI=1S/C20H20N4OS/c1-12-19(13(2)25-23-12)16-9-18-20(21-10-16)22-14(3)24(18)11-15-5-7-17(26-4)8-6-15/h5-10H,11H2,1-4H3. The van der Waals surface area contributed by atoms with E-state index in [1.807, 2.05) is 27.0 Å². The topological polar surface area (TPSA) is 56.7 Å². The summed E-state index contributed by atoms with van der Waals surface area (Å²) in [5.41, 5.74) is 5.92. The normalized spacial score (nSPS) is 11.4. The highest BCUT2D eigenvalue weighted by atomic mass is 32.2. The molecule has 0 fully saturated rings. The van der Waals surface area contributed by atoms with Crippen molar-refractivity contribution in [3.05, 3.63) is 59.4 Å². The molecule has 0 N–H and O–H groups in total. The van der Waals surface area contributed by atoms with Gasteiger partial charge in [0.2, 0.25) is 0 Å². The van der Waals surface area contributed by atoms with Gasteiger partial charge in [-0.25, -0.2) is 9.97 Å². The minimum atomic E-state index is 0.763. The Hall–Kier alpha value is -2.60. The molecule has 0 spiro atoms. The van der Waals surface area contributed by atoms with Crippen LogP contribution in [0, 0.1) is 20.8 Å². The Morgan fingerprint density at radius 3 is 2.54 bits per heavy atom. The van der Waals surface area contributed by atoms with Crippen LogP contribution < -0.4 is 0 Å². The molecule has 5 nitrogen and oxygen atoms in total. The van der Waals surface area contributed by atoms with Gasteiger partial charge in [0.25, 0.3) is 0 Å².